The van der Waals surface area contributed by atoms with Crippen molar-refractivity contribution in [3.05, 3.63) is 70.8 Å². The number of benzene rings is 2. The summed E-state index contributed by atoms with van der Waals surface area (Å²) in [5, 5.41) is 3.27. The van der Waals surface area contributed by atoms with Gasteiger partial charge in [-0.05, 0) is 41.8 Å². The molecule has 0 bridgehead atoms. The van der Waals surface area contributed by atoms with Crippen molar-refractivity contribution in [2.75, 3.05) is 13.7 Å². The van der Waals surface area contributed by atoms with E-state index in [0.717, 1.165) is 23.7 Å². The second-order valence-electron chi connectivity index (χ2n) is 4.96. The third-order valence-corrected chi connectivity index (χ3v) is 3.14. The molecule has 0 radical (unpaired) electrons. The predicted molar refractivity (Wildman–Crippen MR) is 78.9 cm³/mol. The van der Waals surface area contributed by atoms with E-state index in [-0.39, 0.29) is 0 Å². The summed E-state index contributed by atoms with van der Waals surface area (Å²) in [6.45, 7) is 1.98. The number of rotatable bonds is 7. The van der Waals surface area contributed by atoms with Crippen molar-refractivity contribution in [1.82, 2.24) is 5.32 Å². The molecule has 0 saturated carbocycles. The van der Waals surface area contributed by atoms with Crippen LogP contribution in [0.1, 0.15) is 16.7 Å². The maximum Gasteiger partial charge on any atom is 0.126 e. The molecule has 2 aromatic rings. The van der Waals surface area contributed by atoms with E-state index in [2.05, 4.69) is 11.4 Å². The second kappa shape index (κ2) is 7.86. The molecular formula is C17H19F2NO. The molecule has 0 unspecified atom stereocenters. The van der Waals surface area contributed by atoms with Gasteiger partial charge in [0.15, 0.2) is 0 Å². The van der Waals surface area contributed by atoms with Gasteiger partial charge in [-0.25, -0.2) is 8.78 Å². The fourth-order valence-electron chi connectivity index (χ4n) is 2.22. The zero-order valence-electron chi connectivity index (χ0n) is 12.0. The molecule has 0 aromatic heterocycles. The minimum Gasteiger partial charge on any atom is -0.380 e. The van der Waals surface area contributed by atoms with E-state index in [1.807, 2.05) is 18.2 Å². The fraction of sp³-hybridized carbons (Fsp3) is 0.294. The molecule has 112 valence electrons. The zero-order valence-corrected chi connectivity index (χ0v) is 12.0. The first-order valence-electron chi connectivity index (χ1n) is 6.90. The lowest BCUT2D eigenvalue weighted by atomic mass is 10.1. The van der Waals surface area contributed by atoms with E-state index in [1.54, 1.807) is 7.11 Å². The van der Waals surface area contributed by atoms with Gasteiger partial charge in [0.25, 0.3) is 0 Å². The Morgan fingerprint density at radius 1 is 0.952 bits per heavy atom. The topological polar surface area (TPSA) is 21.3 Å². The Morgan fingerprint density at radius 2 is 1.67 bits per heavy atom. The number of halogens is 2. The number of hydrogen-bond acceptors (Lipinski definition) is 2. The first-order valence-corrected chi connectivity index (χ1v) is 6.90. The molecule has 2 rings (SSSR count). The molecule has 2 aromatic carbocycles. The van der Waals surface area contributed by atoms with E-state index in [9.17, 15) is 8.78 Å². The lowest BCUT2D eigenvalue weighted by Crippen LogP contribution is -2.17. The summed E-state index contributed by atoms with van der Waals surface area (Å²) in [6.07, 6.45) is 0.590. The smallest absolute Gasteiger partial charge is 0.126 e. The van der Waals surface area contributed by atoms with Crippen LogP contribution in [0, 0.1) is 11.6 Å². The molecule has 0 aliphatic carbocycles. The van der Waals surface area contributed by atoms with Crippen LogP contribution in [-0.2, 0) is 24.3 Å². The highest BCUT2D eigenvalue weighted by molar-refractivity contribution is 5.23. The number of nitrogens with one attached hydrogen (secondary N) is 1. The van der Waals surface area contributed by atoms with Crippen LogP contribution < -0.4 is 5.32 Å². The first kappa shape index (κ1) is 15.6. The van der Waals surface area contributed by atoms with Crippen LogP contribution in [-0.4, -0.2) is 13.7 Å². The van der Waals surface area contributed by atoms with Gasteiger partial charge >= 0.3 is 0 Å². The van der Waals surface area contributed by atoms with Gasteiger partial charge in [0, 0.05) is 19.7 Å². The van der Waals surface area contributed by atoms with Crippen molar-refractivity contribution in [2.45, 2.75) is 19.6 Å². The van der Waals surface area contributed by atoms with Crippen molar-refractivity contribution in [3.63, 3.8) is 0 Å². The number of methoxy groups -OCH3 is 1. The van der Waals surface area contributed by atoms with Crippen LogP contribution in [0.2, 0.25) is 0 Å². The maximum absolute atomic E-state index is 13.0. The minimum absolute atomic E-state index is 0.530. The molecule has 0 amide bonds. The second-order valence-corrected chi connectivity index (χ2v) is 4.96. The molecule has 0 heterocycles. The summed E-state index contributed by atoms with van der Waals surface area (Å²) in [4.78, 5) is 0. The molecule has 0 aliphatic rings. The number of hydrogen-bond donors (Lipinski definition) is 1. The van der Waals surface area contributed by atoms with Gasteiger partial charge < -0.3 is 10.1 Å². The fourth-order valence-corrected chi connectivity index (χ4v) is 2.22. The van der Waals surface area contributed by atoms with Crippen LogP contribution in [0.5, 0.6) is 0 Å². The SMILES string of the molecule is COCc1cccc(CNCCc2cc(F)cc(F)c2)c1. The highest BCUT2D eigenvalue weighted by Crippen LogP contribution is 2.09. The van der Waals surface area contributed by atoms with E-state index >= 15 is 0 Å². The summed E-state index contributed by atoms with van der Waals surface area (Å²) in [6, 6.07) is 11.7. The quantitative estimate of drug-likeness (QED) is 0.789. The summed E-state index contributed by atoms with van der Waals surface area (Å²) < 4.78 is 31.2. The normalized spacial score (nSPS) is 10.8. The van der Waals surface area contributed by atoms with Crippen molar-refractivity contribution >= 4 is 0 Å². The van der Waals surface area contributed by atoms with Crippen LogP contribution >= 0.6 is 0 Å². The average molecular weight is 291 g/mol. The highest BCUT2D eigenvalue weighted by atomic mass is 19.1. The van der Waals surface area contributed by atoms with E-state index in [4.69, 9.17) is 4.74 Å². The van der Waals surface area contributed by atoms with Gasteiger partial charge in [0.1, 0.15) is 11.6 Å². The van der Waals surface area contributed by atoms with Gasteiger partial charge in [-0.1, -0.05) is 24.3 Å². The molecule has 1 N–H and O–H groups in total. The molecule has 4 heteroatoms. The average Bonchev–Trinajstić information content (AvgIpc) is 2.43. The van der Waals surface area contributed by atoms with Crippen LogP contribution in [0.25, 0.3) is 0 Å². The molecule has 0 saturated heterocycles. The Hall–Kier alpha value is -1.78. The van der Waals surface area contributed by atoms with Gasteiger partial charge in [0.2, 0.25) is 0 Å². The van der Waals surface area contributed by atoms with E-state index in [0.29, 0.717) is 25.1 Å². The Labute approximate surface area is 123 Å². The Morgan fingerprint density at radius 3 is 2.38 bits per heavy atom. The Bertz CT molecular complexity index is 567. The first-order chi connectivity index (χ1) is 10.2. The van der Waals surface area contributed by atoms with Gasteiger partial charge in [-0.15, -0.1) is 0 Å². The summed E-state index contributed by atoms with van der Waals surface area (Å²) >= 11 is 0. The molecule has 0 fully saturated rings. The van der Waals surface area contributed by atoms with Crippen molar-refractivity contribution in [3.8, 4) is 0 Å². The van der Waals surface area contributed by atoms with Crippen molar-refractivity contribution in [2.24, 2.45) is 0 Å². The van der Waals surface area contributed by atoms with Gasteiger partial charge in [0.05, 0.1) is 6.61 Å². The molecule has 0 aliphatic heterocycles. The van der Waals surface area contributed by atoms with Crippen molar-refractivity contribution in [1.29, 1.82) is 0 Å². The van der Waals surface area contributed by atoms with E-state index < -0.39 is 11.6 Å². The summed E-state index contributed by atoms with van der Waals surface area (Å²) in [5.74, 6) is -1.06. The summed E-state index contributed by atoms with van der Waals surface area (Å²) in [7, 11) is 1.67. The van der Waals surface area contributed by atoms with Crippen LogP contribution in [0.4, 0.5) is 8.78 Å². The standard InChI is InChI=1S/C17H19F2NO/c1-21-12-15-4-2-3-14(7-15)11-20-6-5-13-8-16(18)10-17(19)9-13/h2-4,7-10,20H,5-6,11-12H2,1H3. The molecule has 0 atom stereocenters. The molecular weight excluding hydrogens is 272 g/mol. The monoisotopic (exact) mass is 291 g/mol. The summed E-state index contributed by atoms with van der Waals surface area (Å²) in [5.41, 5.74) is 2.95. The van der Waals surface area contributed by atoms with Crippen molar-refractivity contribution < 1.29 is 13.5 Å². The van der Waals surface area contributed by atoms with Crippen LogP contribution in [0.15, 0.2) is 42.5 Å². The van der Waals surface area contributed by atoms with E-state index in [1.165, 1.54) is 12.1 Å². The third kappa shape index (κ3) is 5.25. The molecule has 2 nitrogen and oxygen atoms in total. The Kier molecular flexibility index (Phi) is 5.84. The minimum atomic E-state index is -0.530. The number of ether oxygens (including phenoxy) is 1. The Balaban J connectivity index is 1.80. The zero-order chi connectivity index (χ0) is 15.1. The largest absolute Gasteiger partial charge is 0.380 e. The lowest BCUT2D eigenvalue weighted by molar-refractivity contribution is 0.185. The van der Waals surface area contributed by atoms with Gasteiger partial charge in [-0.2, -0.15) is 0 Å². The lowest BCUT2D eigenvalue weighted by Gasteiger charge is -2.07. The maximum atomic E-state index is 13.0. The molecule has 0 spiro atoms. The van der Waals surface area contributed by atoms with Gasteiger partial charge in [-0.3, -0.25) is 0 Å². The molecule has 21 heavy (non-hydrogen) atoms. The highest BCUT2D eigenvalue weighted by Gasteiger charge is 2.01. The van der Waals surface area contributed by atoms with Crippen LogP contribution in [0.3, 0.4) is 0 Å². The predicted octanol–water partition coefficient (Wildman–Crippen LogP) is 3.44. The third-order valence-electron chi connectivity index (χ3n) is 3.14.